The Kier molecular flexibility index (Phi) is 7.93. The number of hydrogen-bond donors (Lipinski definition) is 0. The molecule has 0 atom stereocenters. The average molecular weight is 510 g/mol. The van der Waals surface area contributed by atoms with Crippen LogP contribution in [0.1, 0.15) is 25.1 Å². The maximum Gasteiger partial charge on any atom is 0.232 e. The zero-order chi connectivity index (χ0) is 24.9. The summed E-state index contributed by atoms with van der Waals surface area (Å²) in [7, 11) is 1.92. The molecule has 4 aromatic rings. The summed E-state index contributed by atoms with van der Waals surface area (Å²) in [6, 6.07) is 9.96. The lowest BCUT2D eigenvalue weighted by Gasteiger charge is -2.19. The molecule has 0 spiro atoms. The fourth-order valence-corrected chi connectivity index (χ4v) is 5.19. The topological polar surface area (TPSA) is 73.1 Å². The first-order chi connectivity index (χ1) is 16.9. The third-order valence-electron chi connectivity index (χ3n) is 5.83. The number of benzene rings is 1. The molecule has 1 amide bonds. The predicted octanol–water partition coefficient (Wildman–Crippen LogP) is 5.53. The van der Waals surface area contributed by atoms with E-state index < -0.39 is 0 Å². The second kappa shape index (κ2) is 11.1. The van der Waals surface area contributed by atoms with Gasteiger partial charge in [-0.05, 0) is 39.0 Å². The smallest absolute Gasteiger partial charge is 0.232 e. The molecule has 35 heavy (non-hydrogen) atoms. The summed E-state index contributed by atoms with van der Waals surface area (Å²) in [5.74, 6) is 1.07. The Bertz CT molecular complexity index is 1350. The van der Waals surface area contributed by atoms with Crippen molar-refractivity contribution in [1.82, 2.24) is 24.6 Å². The van der Waals surface area contributed by atoms with E-state index in [2.05, 4.69) is 16.1 Å². The summed E-state index contributed by atoms with van der Waals surface area (Å²) in [5, 5.41) is 5.80. The summed E-state index contributed by atoms with van der Waals surface area (Å²) in [5.41, 5.74) is 4.52. The van der Waals surface area contributed by atoms with E-state index in [1.165, 1.54) is 11.8 Å². The summed E-state index contributed by atoms with van der Waals surface area (Å²) < 4.78 is 8.12. The van der Waals surface area contributed by atoms with Crippen LogP contribution in [0, 0.1) is 6.92 Å². The van der Waals surface area contributed by atoms with E-state index in [-0.39, 0.29) is 12.5 Å². The van der Waals surface area contributed by atoms with Gasteiger partial charge < -0.3 is 9.64 Å². The first-order valence-corrected chi connectivity index (χ1v) is 12.8. The van der Waals surface area contributed by atoms with Gasteiger partial charge in [0.25, 0.3) is 0 Å². The molecule has 9 heteroatoms. The number of carbonyl (C=O) groups is 1. The molecule has 0 saturated heterocycles. The Morgan fingerprint density at radius 2 is 2.00 bits per heavy atom. The molecule has 3 aromatic heterocycles. The van der Waals surface area contributed by atoms with Crippen LogP contribution in [0.25, 0.3) is 22.2 Å². The lowest BCUT2D eigenvalue weighted by molar-refractivity contribution is -0.127. The molecular weight excluding hydrogens is 482 g/mol. The number of fused-ring (bicyclic) bond motifs is 1. The number of nitrogens with zero attached hydrogens (tertiary/aromatic N) is 5. The van der Waals surface area contributed by atoms with Crippen LogP contribution in [0.5, 0.6) is 5.75 Å². The fourth-order valence-electron chi connectivity index (χ4n) is 3.98. The van der Waals surface area contributed by atoms with Gasteiger partial charge in [-0.25, -0.2) is 4.98 Å². The number of carbonyl (C=O) groups excluding carboxylic acids is 1. The molecule has 0 radical (unpaired) electrons. The van der Waals surface area contributed by atoms with Crippen molar-refractivity contribution in [1.29, 1.82) is 0 Å². The molecular formula is C26H28ClN5O2S. The number of halogens is 1. The number of aromatic nitrogens is 4. The van der Waals surface area contributed by atoms with Gasteiger partial charge in [-0.1, -0.05) is 23.7 Å². The van der Waals surface area contributed by atoms with Crippen molar-refractivity contribution in [2.24, 2.45) is 7.05 Å². The van der Waals surface area contributed by atoms with Crippen molar-refractivity contribution in [3.8, 4) is 17.0 Å². The van der Waals surface area contributed by atoms with E-state index in [1.807, 2.05) is 61.7 Å². The summed E-state index contributed by atoms with van der Waals surface area (Å²) in [6.45, 7) is 7.54. The Morgan fingerprint density at radius 3 is 2.71 bits per heavy atom. The predicted molar refractivity (Wildman–Crippen MR) is 141 cm³/mol. The van der Waals surface area contributed by atoms with Crippen molar-refractivity contribution < 1.29 is 9.53 Å². The number of pyridine rings is 2. The van der Waals surface area contributed by atoms with E-state index >= 15 is 0 Å². The Balaban J connectivity index is 1.61. The summed E-state index contributed by atoms with van der Waals surface area (Å²) in [6.07, 6.45) is 5.12. The molecule has 0 bridgehead atoms. The third kappa shape index (κ3) is 5.44. The highest BCUT2D eigenvalue weighted by Gasteiger charge is 2.16. The minimum absolute atomic E-state index is 0.0864. The number of ether oxygens (including phenoxy) is 1. The number of aryl methyl sites for hydroxylation is 2. The zero-order valence-electron chi connectivity index (χ0n) is 20.3. The highest BCUT2D eigenvalue weighted by atomic mass is 35.5. The third-order valence-corrected chi connectivity index (χ3v) is 7.21. The number of thioether (sulfide) groups is 1. The standard InChI is InChI=1S/C26H28ClN5O2S/c1-5-32(6-2)25(33)16-35-24-14-28-13-21(27)20(24)15-34-23-9-7-8-18-19(12-17(3)30-26(18)23)22-10-11-29-31(22)4/h7-14H,5-6,15-16H2,1-4H3. The van der Waals surface area contributed by atoms with Gasteiger partial charge in [-0.2, -0.15) is 5.10 Å². The normalized spacial score (nSPS) is 11.1. The van der Waals surface area contributed by atoms with Gasteiger partial charge >= 0.3 is 0 Å². The van der Waals surface area contributed by atoms with Crippen LogP contribution >= 0.6 is 23.4 Å². The van der Waals surface area contributed by atoms with Gasteiger partial charge in [-0.15, -0.1) is 11.8 Å². The molecule has 0 N–H and O–H groups in total. The average Bonchev–Trinajstić information content (AvgIpc) is 3.28. The Hall–Kier alpha value is -3.10. The van der Waals surface area contributed by atoms with Gasteiger partial charge in [0.1, 0.15) is 17.9 Å². The van der Waals surface area contributed by atoms with Crippen LogP contribution in [0.15, 0.2) is 53.8 Å². The second-order valence-corrected chi connectivity index (χ2v) is 9.47. The molecule has 0 saturated carbocycles. The monoisotopic (exact) mass is 509 g/mol. The summed E-state index contributed by atoms with van der Waals surface area (Å²) in [4.78, 5) is 24.1. The molecule has 0 aliphatic carbocycles. The molecule has 0 aliphatic heterocycles. The van der Waals surface area contributed by atoms with Crippen LogP contribution in [-0.4, -0.2) is 49.4 Å². The minimum Gasteiger partial charge on any atom is -0.487 e. The second-order valence-electron chi connectivity index (χ2n) is 8.04. The maximum atomic E-state index is 12.5. The molecule has 7 nitrogen and oxygen atoms in total. The maximum absolute atomic E-state index is 12.5. The quantitative estimate of drug-likeness (QED) is 0.276. The summed E-state index contributed by atoms with van der Waals surface area (Å²) >= 11 is 7.93. The van der Waals surface area contributed by atoms with E-state index in [0.29, 0.717) is 29.6 Å². The highest BCUT2D eigenvalue weighted by Crippen LogP contribution is 2.34. The lowest BCUT2D eigenvalue weighted by Crippen LogP contribution is -2.31. The molecule has 1 aromatic carbocycles. The van der Waals surface area contributed by atoms with Crippen LogP contribution in [0.2, 0.25) is 5.02 Å². The van der Waals surface area contributed by atoms with Crippen molar-refractivity contribution in [2.75, 3.05) is 18.8 Å². The van der Waals surface area contributed by atoms with E-state index in [1.54, 1.807) is 18.6 Å². The van der Waals surface area contributed by atoms with E-state index in [0.717, 1.165) is 38.3 Å². The lowest BCUT2D eigenvalue weighted by atomic mass is 10.0. The number of amides is 1. The van der Waals surface area contributed by atoms with Crippen molar-refractivity contribution in [2.45, 2.75) is 32.3 Å². The molecule has 0 fully saturated rings. The number of rotatable bonds is 9. The highest BCUT2D eigenvalue weighted by molar-refractivity contribution is 8.00. The van der Waals surface area contributed by atoms with Gasteiger partial charge in [0.2, 0.25) is 5.91 Å². The Labute approximate surface area is 214 Å². The zero-order valence-corrected chi connectivity index (χ0v) is 21.9. The first-order valence-electron chi connectivity index (χ1n) is 11.5. The van der Waals surface area contributed by atoms with Gasteiger partial charge in [0.05, 0.1) is 16.5 Å². The first kappa shape index (κ1) is 25.0. The van der Waals surface area contributed by atoms with Crippen molar-refractivity contribution >= 4 is 40.2 Å². The molecule has 4 rings (SSSR count). The van der Waals surface area contributed by atoms with Crippen molar-refractivity contribution in [3.05, 3.63) is 65.2 Å². The van der Waals surface area contributed by atoms with Crippen LogP contribution in [0.4, 0.5) is 0 Å². The minimum atomic E-state index is 0.0864. The molecule has 182 valence electrons. The van der Waals surface area contributed by atoms with Gasteiger partial charge in [-0.3, -0.25) is 14.5 Å². The number of para-hydroxylation sites is 1. The molecule has 0 unspecified atom stereocenters. The largest absolute Gasteiger partial charge is 0.487 e. The Morgan fingerprint density at radius 1 is 1.20 bits per heavy atom. The van der Waals surface area contributed by atoms with E-state index in [9.17, 15) is 4.79 Å². The van der Waals surface area contributed by atoms with Crippen LogP contribution < -0.4 is 4.74 Å². The SMILES string of the molecule is CCN(CC)C(=O)CSc1cncc(Cl)c1COc1cccc2c(-c3ccnn3C)cc(C)nc12. The molecule has 0 aliphatic rings. The number of hydrogen-bond acceptors (Lipinski definition) is 6. The van der Waals surface area contributed by atoms with Crippen LogP contribution in [-0.2, 0) is 18.4 Å². The van der Waals surface area contributed by atoms with Gasteiger partial charge in [0.15, 0.2) is 0 Å². The van der Waals surface area contributed by atoms with Gasteiger partial charge in [0, 0.05) is 65.8 Å². The van der Waals surface area contributed by atoms with Crippen molar-refractivity contribution in [3.63, 3.8) is 0 Å². The van der Waals surface area contributed by atoms with E-state index in [4.69, 9.17) is 21.3 Å². The fraction of sp³-hybridized carbons (Fsp3) is 0.308. The van der Waals surface area contributed by atoms with Crippen LogP contribution in [0.3, 0.4) is 0 Å². The molecule has 3 heterocycles.